The summed E-state index contributed by atoms with van der Waals surface area (Å²) < 4.78 is 5.45. The standard InChI is InChI=1S/C23H32N2O/c1-24(2)17-21-18-25(14-12-19-8-5-4-6-9-19)15-13-23(21)20-10-7-11-22(16-20)26-3/h4-11,16,21,23H,12-15,17-18H2,1-3H3. The Morgan fingerprint density at radius 1 is 1.08 bits per heavy atom. The lowest BCUT2D eigenvalue weighted by Crippen LogP contribution is -2.44. The van der Waals surface area contributed by atoms with Crippen LogP contribution in [0.15, 0.2) is 54.6 Å². The van der Waals surface area contributed by atoms with E-state index in [9.17, 15) is 0 Å². The van der Waals surface area contributed by atoms with E-state index in [1.54, 1.807) is 7.11 Å². The third-order valence-electron chi connectivity index (χ3n) is 5.50. The van der Waals surface area contributed by atoms with Crippen LogP contribution in [-0.4, -0.2) is 57.2 Å². The number of nitrogens with zero attached hydrogens (tertiary/aromatic N) is 2. The van der Waals surface area contributed by atoms with Gasteiger partial charge in [-0.2, -0.15) is 0 Å². The molecule has 0 N–H and O–H groups in total. The van der Waals surface area contributed by atoms with Gasteiger partial charge in [0, 0.05) is 19.6 Å². The van der Waals surface area contributed by atoms with Crippen LogP contribution >= 0.6 is 0 Å². The molecule has 0 spiro atoms. The summed E-state index contributed by atoms with van der Waals surface area (Å²) in [6.45, 7) is 4.63. The fourth-order valence-corrected chi connectivity index (χ4v) is 4.21. The molecule has 1 heterocycles. The average molecular weight is 353 g/mol. The molecule has 1 aliphatic heterocycles. The Labute approximate surface area is 158 Å². The molecule has 140 valence electrons. The second-order valence-electron chi connectivity index (χ2n) is 7.73. The highest BCUT2D eigenvalue weighted by molar-refractivity contribution is 5.31. The second kappa shape index (κ2) is 9.20. The molecule has 3 heteroatoms. The van der Waals surface area contributed by atoms with Gasteiger partial charge in [0.1, 0.15) is 5.75 Å². The zero-order valence-corrected chi connectivity index (χ0v) is 16.4. The van der Waals surface area contributed by atoms with Gasteiger partial charge in [0.2, 0.25) is 0 Å². The highest BCUT2D eigenvalue weighted by atomic mass is 16.5. The first-order valence-electron chi connectivity index (χ1n) is 9.70. The summed E-state index contributed by atoms with van der Waals surface area (Å²) in [7, 11) is 6.12. The second-order valence-corrected chi connectivity index (χ2v) is 7.73. The number of ether oxygens (including phenoxy) is 1. The molecule has 0 saturated carbocycles. The zero-order chi connectivity index (χ0) is 18.4. The Morgan fingerprint density at radius 3 is 2.62 bits per heavy atom. The predicted octanol–water partition coefficient (Wildman–Crippen LogP) is 3.91. The largest absolute Gasteiger partial charge is 0.497 e. The summed E-state index contributed by atoms with van der Waals surface area (Å²) in [6, 6.07) is 19.5. The monoisotopic (exact) mass is 352 g/mol. The van der Waals surface area contributed by atoms with Crippen molar-refractivity contribution in [2.75, 3.05) is 47.4 Å². The van der Waals surface area contributed by atoms with E-state index in [0.717, 1.165) is 25.3 Å². The van der Waals surface area contributed by atoms with Crippen molar-refractivity contribution in [3.05, 3.63) is 65.7 Å². The van der Waals surface area contributed by atoms with Gasteiger partial charge in [-0.05, 0) is 68.6 Å². The number of piperidine rings is 1. The molecule has 3 rings (SSSR count). The van der Waals surface area contributed by atoms with Gasteiger partial charge in [-0.15, -0.1) is 0 Å². The first-order chi connectivity index (χ1) is 12.7. The van der Waals surface area contributed by atoms with Crippen molar-refractivity contribution in [2.45, 2.75) is 18.8 Å². The van der Waals surface area contributed by atoms with E-state index in [1.165, 1.54) is 30.6 Å². The van der Waals surface area contributed by atoms with Crippen molar-refractivity contribution < 1.29 is 4.74 Å². The van der Waals surface area contributed by atoms with Crippen molar-refractivity contribution in [2.24, 2.45) is 5.92 Å². The molecule has 1 saturated heterocycles. The van der Waals surface area contributed by atoms with Crippen LogP contribution in [0.5, 0.6) is 5.75 Å². The Bertz CT molecular complexity index is 671. The van der Waals surface area contributed by atoms with E-state index in [2.05, 4.69) is 72.4 Å². The van der Waals surface area contributed by atoms with Gasteiger partial charge >= 0.3 is 0 Å². The van der Waals surface area contributed by atoms with Crippen molar-refractivity contribution in [1.29, 1.82) is 0 Å². The summed E-state index contributed by atoms with van der Waals surface area (Å²) in [4.78, 5) is 4.98. The Hall–Kier alpha value is -1.84. The number of benzene rings is 2. The quantitative estimate of drug-likeness (QED) is 0.751. The number of likely N-dealkylation sites (tertiary alicyclic amines) is 1. The van der Waals surface area contributed by atoms with Crippen LogP contribution in [0.1, 0.15) is 23.5 Å². The molecule has 3 nitrogen and oxygen atoms in total. The maximum Gasteiger partial charge on any atom is 0.119 e. The van der Waals surface area contributed by atoms with Gasteiger partial charge < -0.3 is 14.5 Å². The van der Waals surface area contributed by atoms with Crippen molar-refractivity contribution in [1.82, 2.24) is 9.80 Å². The summed E-state index contributed by atoms with van der Waals surface area (Å²) in [5.41, 5.74) is 2.87. The average Bonchev–Trinajstić information content (AvgIpc) is 2.67. The maximum absolute atomic E-state index is 5.45. The molecule has 1 fully saturated rings. The molecule has 1 aliphatic rings. The highest BCUT2D eigenvalue weighted by Gasteiger charge is 2.30. The number of hydrogen-bond donors (Lipinski definition) is 0. The van der Waals surface area contributed by atoms with Crippen LogP contribution in [0, 0.1) is 5.92 Å². The van der Waals surface area contributed by atoms with E-state index >= 15 is 0 Å². The van der Waals surface area contributed by atoms with Gasteiger partial charge in [-0.25, -0.2) is 0 Å². The van der Waals surface area contributed by atoms with E-state index in [0.29, 0.717) is 11.8 Å². The number of rotatable bonds is 7. The molecule has 0 amide bonds. The van der Waals surface area contributed by atoms with Crippen LogP contribution in [0.25, 0.3) is 0 Å². The van der Waals surface area contributed by atoms with Crippen LogP contribution in [0.2, 0.25) is 0 Å². The van der Waals surface area contributed by atoms with Crippen molar-refractivity contribution in [3.8, 4) is 5.75 Å². The van der Waals surface area contributed by atoms with Crippen LogP contribution < -0.4 is 4.74 Å². The molecule has 2 aromatic rings. The molecule has 0 bridgehead atoms. The Balaban J connectivity index is 1.66. The van der Waals surface area contributed by atoms with E-state index in [-0.39, 0.29) is 0 Å². The lowest BCUT2D eigenvalue weighted by Gasteiger charge is -2.40. The normalized spacial score (nSPS) is 21.1. The molecule has 2 atom stereocenters. The lowest BCUT2D eigenvalue weighted by atomic mass is 9.80. The maximum atomic E-state index is 5.45. The Kier molecular flexibility index (Phi) is 6.70. The minimum absolute atomic E-state index is 0.612. The summed E-state index contributed by atoms with van der Waals surface area (Å²) in [5.74, 6) is 2.24. The van der Waals surface area contributed by atoms with Crippen molar-refractivity contribution in [3.63, 3.8) is 0 Å². The lowest BCUT2D eigenvalue weighted by molar-refractivity contribution is 0.132. The minimum atomic E-state index is 0.612. The number of methoxy groups -OCH3 is 1. The molecular weight excluding hydrogens is 320 g/mol. The summed E-state index contributed by atoms with van der Waals surface area (Å²) in [5, 5.41) is 0. The van der Waals surface area contributed by atoms with Crippen molar-refractivity contribution >= 4 is 0 Å². The van der Waals surface area contributed by atoms with E-state index in [1.807, 2.05) is 6.07 Å². The minimum Gasteiger partial charge on any atom is -0.497 e. The zero-order valence-electron chi connectivity index (χ0n) is 16.4. The fraction of sp³-hybridized carbons (Fsp3) is 0.478. The van der Waals surface area contributed by atoms with Gasteiger partial charge in [0.05, 0.1) is 7.11 Å². The third kappa shape index (κ3) is 5.09. The van der Waals surface area contributed by atoms with Gasteiger partial charge in [-0.3, -0.25) is 0 Å². The topological polar surface area (TPSA) is 15.7 Å². The van der Waals surface area contributed by atoms with Crippen LogP contribution in [-0.2, 0) is 6.42 Å². The molecular formula is C23H32N2O. The summed E-state index contributed by atoms with van der Waals surface area (Å²) in [6.07, 6.45) is 2.36. The predicted molar refractivity (Wildman–Crippen MR) is 109 cm³/mol. The van der Waals surface area contributed by atoms with Crippen LogP contribution in [0.4, 0.5) is 0 Å². The van der Waals surface area contributed by atoms with E-state index < -0.39 is 0 Å². The third-order valence-corrected chi connectivity index (χ3v) is 5.50. The first-order valence-corrected chi connectivity index (χ1v) is 9.70. The van der Waals surface area contributed by atoms with Gasteiger partial charge in [0.15, 0.2) is 0 Å². The smallest absolute Gasteiger partial charge is 0.119 e. The molecule has 2 aromatic carbocycles. The van der Waals surface area contributed by atoms with Crippen LogP contribution in [0.3, 0.4) is 0 Å². The molecule has 26 heavy (non-hydrogen) atoms. The summed E-state index contributed by atoms with van der Waals surface area (Å²) >= 11 is 0. The number of hydrogen-bond acceptors (Lipinski definition) is 3. The Morgan fingerprint density at radius 2 is 1.88 bits per heavy atom. The van der Waals surface area contributed by atoms with E-state index in [4.69, 9.17) is 4.74 Å². The molecule has 0 aliphatic carbocycles. The highest BCUT2D eigenvalue weighted by Crippen LogP contribution is 2.35. The van der Waals surface area contributed by atoms with Gasteiger partial charge in [-0.1, -0.05) is 42.5 Å². The SMILES string of the molecule is COc1cccc(C2CCN(CCc3ccccc3)CC2CN(C)C)c1. The molecule has 0 aromatic heterocycles. The molecule has 2 unspecified atom stereocenters. The molecule has 0 radical (unpaired) electrons. The first kappa shape index (κ1) is 18.9. The fourth-order valence-electron chi connectivity index (χ4n) is 4.21. The van der Waals surface area contributed by atoms with Gasteiger partial charge in [0.25, 0.3) is 0 Å².